The van der Waals surface area contributed by atoms with Gasteiger partial charge in [0.15, 0.2) is 0 Å². The van der Waals surface area contributed by atoms with Gasteiger partial charge < -0.3 is 21.7 Å². The highest BCUT2D eigenvalue weighted by Gasteiger charge is 2.11. The van der Waals surface area contributed by atoms with Gasteiger partial charge in [0, 0.05) is 29.7 Å². The van der Waals surface area contributed by atoms with Crippen molar-refractivity contribution in [3.8, 4) is 0 Å². The van der Waals surface area contributed by atoms with Crippen molar-refractivity contribution in [3.05, 3.63) is 90.1 Å². The van der Waals surface area contributed by atoms with E-state index in [4.69, 9.17) is 5.73 Å². The minimum Gasteiger partial charge on any atom is -0.366 e. The molecule has 5 N–H and O–H groups in total. The van der Waals surface area contributed by atoms with E-state index in [0.29, 0.717) is 34.7 Å². The molecule has 0 saturated heterocycles. The molecule has 0 spiro atoms. The molecule has 0 fully saturated rings. The van der Waals surface area contributed by atoms with Crippen molar-refractivity contribution in [1.82, 2.24) is 19.9 Å². The highest BCUT2D eigenvalue weighted by molar-refractivity contribution is 5.93. The van der Waals surface area contributed by atoms with Gasteiger partial charge in [0.25, 0.3) is 0 Å². The molecule has 0 aliphatic heterocycles. The number of nitrogens with one attached hydrogen (secondary N) is 3. The minimum absolute atomic E-state index is 0.180. The van der Waals surface area contributed by atoms with E-state index in [0.717, 1.165) is 5.56 Å². The smallest absolute Gasteiger partial charge is 0.248 e. The van der Waals surface area contributed by atoms with Crippen LogP contribution in [0, 0.1) is 5.82 Å². The lowest BCUT2D eigenvalue weighted by Gasteiger charge is -2.16. The van der Waals surface area contributed by atoms with Crippen LogP contribution in [0.5, 0.6) is 0 Å². The lowest BCUT2D eigenvalue weighted by Crippen LogP contribution is -2.12. The van der Waals surface area contributed by atoms with Gasteiger partial charge in [-0.15, -0.1) is 0 Å². The molecule has 4 aromatic rings. The summed E-state index contributed by atoms with van der Waals surface area (Å²) >= 11 is 0. The van der Waals surface area contributed by atoms with Crippen LogP contribution in [0.3, 0.4) is 0 Å². The fraction of sp³-hybridized carbons (Fsp3) is 0.0870. The number of rotatable bonds is 8. The normalized spacial score (nSPS) is 11.5. The second-order valence-corrected chi connectivity index (χ2v) is 7.16. The molecule has 2 aromatic carbocycles. The van der Waals surface area contributed by atoms with Crippen molar-refractivity contribution < 1.29 is 9.18 Å². The number of hydrogen-bond acceptors (Lipinski definition) is 8. The molecule has 0 bridgehead atoms. The first-order valence-corrected chi connectivity index (χ1v) is 10.1. The van der Waals surface area contributed by atoms with Crippen LogP contribution in [0.25, 0.3) is 0 Å². The van der Waals surface area contributed by atoms with Gasteiger partial charge in [0.2, 0.25) is 11.9 Å². The average molecular weight is 444 g/mol. The Morgan fingerprint density at radius 2 is 1.64 bits per heavy atom. The van der Waals surface area contributed by atoms with E-state index >= 15 is 0 Å². The second-order valence-electron chi connectivity index (χ2n) is 7.16. The zero-order chi connectivity index (χ0) is 23.2. The van der Waals surface area contributed by atoms with Gasteiger partial charge in [-0.1, -0.05) is 12.1 Å². The van der Waals surface area contributed by atoms with E-state index in [2.05, 4.69) is 35.9 Å². The van der Waals surface area contributed by atoms with Crippen LogP contribution >= 0.6 is 0 Å². The number of anilines is 5. The van der Waals surface area contributed by atoms with Gasteiger partial charge in [-0.25, -0.2) is 9.37 Å². The van der Waals surface area contributed by atoms with Crippen molar-refractivity contribution >= 4 is 35.0 Å². The highest BCUT2D eigenvalue weighted by atomic mass is 19.1. The van der Waals surface area contributed by atoms with Crippen molar-refractivity contribution in [2.24, 2.45) is 5.73 Å². The molecular formula is C23H21FN8O. The van der Waals surface area contributed by atoms with E-state index in [9.17, 15) is 9.18 Å². The maximum Gasteiger partial charge on any atom is 0.248 e. The Bertz CT molecular complexity index is 1230. The first kappa shape index (κ1) is 21.6. The molecule has 166 valence electrons. The molecule has 9 nitrogen and oxygen atoms in total. The lowest BCUT2D eigenvalue weighted by molar-refractivity contribution is 0.100. The fourth-order valence-corrected chi connectivity index (χ4v) is 3.03. The lowest BCUT2D eigenvalue weighted by atomic mass is 10.1. The van der Waals surface area contributed by atoms with Crippen LogP contribution in [-0.4, -0.2) is 25.8 Å². The maximum absolute atomic E-state index is 13.3. The average Bonchev–Trinajstić information content (AvgIpc) is 2.80. The first-order chi connectivity index (χ1) is 16.0. The summed E-state index contributed by atoms with van der Waals surface area (Å²) in [6.07, 6.45) is 4.72. The molecule has 4 rings (SSSR count). The molecule has 10 heteroatoms. The molecule has 1 atom stereocenters. The molecular weight excluding hydrogens is 423 g/mol. The number of nitrogens with zero attached hydrogens (tertiary/aromatic N) is 4. The molecule has 1 amide bonds. The predicted molar refractivity (Wildman–Crippen MR) is 124 cm³/mol. The molecule has 0 saturated carbocycles. The number of amides is 1. The number of carbonyl (C=O) groups excluding carboxylic acids is 1. The minimum atomic E-state index is -0.500. The number of aromatic nitrogens is 4. The molecule has 1 unspecified atom stereocenters. The number of nitrogens with two attached hydrogens (primary N) is 1. The van der Waals surface area contributed by atoms with Crippen molar-refractivity contribution in [2.75, 3.05) is 16.0 Å². The Labute approximate surface area is 189 Å². The zero-order valence-corrected chi connectivity index (χ0v) is 17.7. The summed E-state index contributed by atoms with van der Waals surface area (Å²) in [5, 5.41) is 9.52. The SMILES string of the molecule is CC(Nc1nc(Nc2ccc(C(N)=O)cc2)cc(Nc2cnccn2)n1)c1ccc(F)cc1. The third-order valence-electron chi connectivity index (χ3n) is 4.70. The summed E-state index contributed by atoms with van der Waals surface area (Å²) in [5.41, 5.74) is 7.30. The Morgan fingerprint density at radius 1 is 0.939 bits per heavy atom. The van der Waals surface area contributed by atoms with E-state index < -0.39 is 5.91 Å². The topological polar surface area (TPSA) is 131 Å². The third kappa shape index (κ3) is 5.76. The van der Waals surface area contributed by atoms with Gasteiger partial charge in [-0.05, 0) is 48.9 Å². The Balaban J connectivity index is 1.60. The van der Waals surface area contributed by atoms with Crippen LogP contribution in [0.1, 0.15) is 28.9 Å². The van der Waals surface area contributed by atoms with Crippen LogP contribution in [0.15, 0.2) is 73.2 Å². The number of carbonyl (C=O) groups is 1. The van der Waals surface area contributed by atoms with Crippen molar-refractivity contribution in [3.63, 3.8) is 0 Å². The van der Waals surface area contributed by atoms with Crippen LogP contribution in [0.2, 0.25) is 0 Å². The number of halogens is 1. The Morgan fingerprint density at radius 3 is 2.27 bits per heavy atom. The molecule has 0 radical (unpaired) electrons. The molecule has 0 aliphatic carbocycles. The van der Waals surface area contributed by atoms with E-state index in [1.54, 1.807) is 61.1 Å². The van der Waals surface area contributed by atoms with E-state index in [1.807, 2.05) is 6.92 Å². The number of benzene rings is 2. The van der Waals surface area contributed by atoms with Gasteiger partial charge in [-0.3, -0.25) is 9.78 Å². The largest absolute Gasteiger partial charge is 0.366 e. The van der Waals surface area contributed by atoms with Crippen molar-refractivity contribution in [1.29, 1.82) is 0 Å². The summed E-state index contributed by atoms with van der Waals surface area (Å²) in [6, 6.07) is 14.5. The molecule has 2 aromatic heterocycles. The zero-order valence-electron chi connectivity index (χ0n) is 17.7. The quantitative estimate of drug-likeness (QED) is 0.319. The fourth-order valence-electron chi connectivity index (χ4n) is 3.03. The molecule has 0 aliphatic rings. The third-order valence-corrected chi connectivity index (χ3v) is 4.70. The number of primary amides is 1. The maximum atomic E-state index is 13.3. The summed E-state index contributed by atoms with van der Waals surface area (Å²) in [5.74, 6) is 1.04. The van der Waals surface area contributed by atoms with Gasteiger partial charge in [-0.2, -0.15) is 9.97 Å². The molecule has 33 heavy (non-hydrogen) atoms. The Kier molecular flexibility index (Phi) is 6.35. The van der Waals surface area contributed by atoms with Crippen LogP contribution < -0.4 is 21.7 Å². The van der Waals surface area contributed by atoms with E-state index in [1.165, 1.54) is 12.1 Å². The first-order valence-electron chi connectivity index (χ1n) is 10.1. The van der Waals surface area contributed by atoms with Crippen molar-refractivity contribution in [2.45, 2.75) is 13.0 Å². The Hall–Kier alpha value is -4.60. The van der Waals surface area contributed by atoms with Crippen LogP contribution in [-0.2, 0) is 0 Å². The summed E-state index contributed by atoms with van der Waals surface area (Å²) in [7, 11) is 0. The monoisotopic (exact) mass is 444 g/mol. The van der Waals surface area contributed by atoms with Gasteiger partial charge >= 0.3 is 0 Å². The van der Waals surface area contributed by atoms with Gasteiger partial charge in [0.1, 0.15) is 23.3 Å². The summed E-state index contributed by atoms with van der Waals surface area (Å²) in [4.78, 5) is 28.6. The summed E-state index contributed by atoms with van der Waals surface area (Å²) in [6.45, 7) is 1.93. The second kappa shape index (κ2) is 9.69. The molecule has 2 heterocycles. The number of hydrogen-bond donors (Lipinski definition) is 4. The summed E-state index contributed by atoms with van der Waals surface area (Å²) < 4.78 is 13.3. The van der Waals surface area contributed by atoms with Crippen LogP contribution in [0.4, 0.5) is 33.5 Å². The highest BCUT2D eigenvalue weighted by Crippen LogP contribution is 2.24. The standard InChI is InChI=1S/C23H21FN8O/c1-14(15-2-6-17(24)7-3-15)28-23-31-19(29-18-8-4-16(5-9-18)22(25)33)12-20(32-23)30-21-13-26-10-11-27-21/h2-14H,1H3,(H2,25,33)(H3,27,28,29,30,31,32). The van der Waals surface area contributed by atoms with E-state index in [-0.39, 0.29) is 11.9 Å². The van der Waals surface area contributed by atoms with Gasteiger partial charge in [0.05, 0.1) is 12.2 Å². The predicted octanol–water partition coefficient (Wildman–Crippen LogP) is 4.16.